The van der Waals surface area contributed by atoms with E-state index in [1.807, 2.05) is 13.8 Å². The van der Waals surface area contributed by atoms with Crippen molar-refractivity contribution in [2.24, 2.45) is 5.92 Å². The second-order valence-electron chi connectivity index (χ2n) is 8.84. The molecule has 1 unspecified atom stereocenters. The first-order valence-electron chi connectivity index (χ1n) is 9.60. The monoisotopic (exact) mass is 377 g/mol. The van der Waals surface area contributed by atoms with E-state index in [4.69, 9.17) is 0 Å². The summed E-state index contributed by atoms with van der Waals surface area (Å²) in [7, 11) is 0.977. The largest absolute Gasteiger partial charge is 0.308 e. The summed E-state index contributed by atoms with van der Waals surface area (Å²) in [6.45, 7) is 17.8. The third-order valence-electron chi connectivity index (χ3n) is 4.85. The highest BCUT2D eigenvalue weighted by Crippen LogP contribution is 2.30. The fraction of sp³-hybridized carbons (Fsp3) is 1.00. The third-order valence-corrected chi connectivity index (χ3v) is 6.48. The molecule has 0 N–H and O–H groups in total. The van der Waals surface area contributed by atoms with Crippen LogP contribution < -0.4 is 0 Å². The molecule has 0 saturated carbocycles. The van der Waals surface area contributed by atoms with Gasteiger partial charge in [-0.3, -0.25) is 4.90 Å². The molecule has 0 bridgehead atoms. The molecule has 0 rings (SSSR count). The lowest BCUT2D eigenvalue weighted by Gasteiger charge is -2.42. The van der Waals surface area contributed by atoms with Gasteiger partial charge in [-0.15, -0.1) is 0 Å². The van der Waals surface area contributed by atoms with Crippen LogP contribution in [0.4, 0.5) is 0 Å². The zero-order valence-electron chi connectivity index (χ0n) is 18.3. The number of hydrogen-bond donors (Lipinski definition) is 0. The highest BCUT2D eigenvalue weighted by atomic mass is 32.2. The van der Waals surface area contributed by atoms with Crippen molar-refractivity contribution >= 4 is 10.0 Å². The Morgan fingerprint density at radius 3 is 1.80 bits per heavy atom. The van der Waals surface area contributed by atoms with Gasteiger partial charge in [-0.1, -0.05) is 13.3 Å². The van der Waals surface area contributed by atoms with Crippen LogP contribution in [0.5, 0.6) is 0 Å². The van der Waals surface area contributed by atoms with Gasteiger partial charge in [-0.25, -0.2) is 8.42 Å². The van der Waals surface area contributed by atoms with E-state index in [0.717, 1.165) is 32.5 Å². The summed E-state index contributed by atoms with van der Waals surface area (Å²) in [5, 5.41) is 0. The lowest BCUT2D eigenvalue weighted by atomic mass is 9.87. The normalized spacial score (nSPS) is 15.2. The molecule has 152 valence electrons. The molecular weight excluding hydrogens is 334 g/mol. The molecule has 0 aliphatic rings. The van der Waals surface area contributed by atoms with E-state index in [0.29, 0.717) is 12.0 Å². The number of rotatable bonds is 12. The first-order valence-corrected chi connectivity index (χ1v) is 11.5. The van der Waals surface area contributed by atoms with Crippen LogP contribution in [0, 0.1) is 5.92 Å². The maximum Gasteiger partial charge on any atom is 0.211 e. The summed E-state index contributed by atoms with van der Waals surface area (Å²) in [6, 6.07) is 0.464. The minimum atomic E-state index is -3.23. The first kappa shape index (κ1) is 24.8. The molecule has 0 spiro atoms. The summed E-state index contributed by atoms with van der Waals surface area (Å²) in [5.74, 6) is 0.475. The van der Waals surface area contributed by atoms with Crippen LogP contribution in [0.2, 0.25) is 0 Å². The Hall–Kier alpha value is -0.170. The molecule has 0 aromatic carbocycles. The summed E-state index contributed by atoms with van der Waals surface area (Å²) >= 11 is 0. The first-order chi connectivity index (χ1) is 11.2. The van der Waals surface area contributed by atoms with Crippen LogP contribution >= 0.6 is 0 Å². The second-order valence-corrected chi connectivity index (χ2v) is 10.7. The Labute approximate surface area is 157 Å². The topological polar surface area (TPSA) is 43.9 Å². The highest BCUT2D eigenvalue weighted by molar-refractivity contribution is 7.88. The maximum atomic E-state index is 12.3. The predicted molar refractivity (Wildman–Crippen MR) is 110 cm³/mol. The third kappa shape index (κ3) is 8.85. The predicted octanol–water partition coefficient (Wildman–Crippen LogP) is 3.12. The van der Waals surface area contributed by atoms with E-state index < -0.39 is 10.0 Å². The minimum Gasteiger partial charge on any atom is -0.308 e. The van der Waals surface area contributed by atoms with E-state index >= 15 is 0 Å². The fourth-order valence-corrected chi connectivity index (χ4v) is 5.62. The molecule has 0 aromatic heterocycles. The van der Waals surface area contributed by atoms with Crippen molar-refractivity contribution in [3.8, 4) is 0 Å². The molecule has 5 nitrogen and oxygen atoms in total. The molecular formula is C19H43N3O2S. The standard InChI is InChI=1S/C19H43N3O2S/c1-11-18(15-21(16(2)3)13-12-20(8)9)14-19(6,7)22(17(4)5)25(10,23)24/h16-18H,11-15H2,1-10H3. The second kappa shape index (κ2) is 10.2. The van der Waals surface area contributed by atoms with Crippen LogP contribution in [0.3, 0.4) is 0 Å². The van der Waals surface area contributed by atoms with Crippen molar-refractivity contribution in [3.05, 3.63) is 0 Å². The summed E-state index contributed by atoms with van der Waals surface area (Å²) < 4.78 is 26.3. The molecule has 0 amide bonds. The average molecular weight is 378 g/mol. The Morgan fingerprint density at radius 2 is 1.48 bits per heavy atom. The van der Waals surface area contributed by atoms with Crippen molar-refractivity contribution in [2.75, 3.05) is 40.0 Å². The molecule has 0 fully saturated rings. The molecule has 6 heteroatoms. The van der Waals surface area contributed by atoms with Gasteiger partial charge >= 0.3 is 0 Å². The minimum absolute atomic E-state index is 0.0301. The van der Waals surface area contributed by atoms with Gasteiger partial charge in [0.1, 0.15) is 0 Å². The van der Waals surface area contributed by atoms with E-state index in [9.17, 15) is 8.42 Å². The zero-order valence-corrected chi connectivity index (χ0v) is 19.2. The van der Waals surface area contributed by atoms with Gasteiger partial charge in [-0.05, 0) is 68.0 Å². The fourth-order valence-electron chi connectivity index (χ4n) is 3.89. The van der Waals surface area contributed by atoms with Gasteiger partial charge in [0.25, 0.3) is 0 Å². The van der Waals surface area contributed by atoms with Crippen molar-refractivity contribution < 1.29 is 8.42 Å². The van der Waals surface area contributed by atoms with E-state index in [2.05, 4.69) is 58.5 Å². The van der Waals surface area contributed by atoms with Gasteiger partial charge in [0, 0.05) is 37.3 Å². The van der Waals surface area contributed by atoms with Crippen molar-refractivity contribution in [2.45, 2.75) is 78.9 Å². The molecule has 0 aromatic rings. The van der Waals surface area contributed by atoms with Crippen LogP contribution in [-0.2, 0) is 10.0 Å². The van der Waals surface area contributed by atoms with Crippen molar-refractivity contribution in [1.82, 2.24) is 14.1 Å². The van der Waals surface area contributed by atoms with Gasteiger partial charge in [-0.2, -0.15) is 4.31 Å². The van der Waals surface area contributed by atoms with E-state index in [-0.39, 0.29) is 11.6 Å². The van der Waals surface area contributed by atoms with Crippen LogP contribution in [0.15, 0.2) is 0 Å². The van der Waals surface area contributed by atoms with Crippen molar-refractivity contribution in [3.63, 3.8) is 0 Å². The maximum absolute atomic E-state index is 12.3. The molecule has 0 heterocycles. The molecule has 0 radical (unpaired) electrons. The van der Waals surface area contributed by atoms with Crippen molar-refractivity contribution in [1.29, 1.82) is 0 Å². The Balaban J connectivity index is 5.21. The van der Waals surface area contributed by atoms with E-state index in [1.54, 1.807) is 4.31 Å². The smallest absolute Gasteiger partial charge is 0.211 e. The van der Waals surface area contributed by atoms with E-state index in [1.165, 1.54) is 6.26 Å². The SMILES string of the molecule is CCC(CN(CCN(C)C)C(C)C)CC(C)(C)N(C(C)C)S(C)(=O)=O. The quantitative estimate of drug-likeness (QED) is 0.524. The highest BCUT2D eigenvalue weighted by Gasteiger charge is 2.37. The van der Waals surface area contributed by atoms with Crippen LogP contribution in [0.25, 0.3) is 0 Å². The molecule has 0 saturated heterocycles. The Kier molecular flexibility index (Phi) is 10.2. The summed E-state index contributed by atoms with van der Waals surface area (Å²) in [5.41, 5.74) is -0.382. The summed E-state index contributed by atoms with van der Waals surface area (Å²) in [6.07, 6.45) is 3.26. The zero-order chi connectivity index (χ0) is 20.0. The lowest BCUT2D eigenvalue weighted by molar-refractivity contribution is 0.115. The number of sulfonamides is 1. The lowest BCUT2D eigenvalue weighted by Crippen LogP contribution is -2.52. The molecule has 1 atom stereocenters. The average Bonchev–Trinajstić information content (AvgIpc) is 2.38. The van der Waals surface area contributed by atoms with Crippen LogP contribution in [0.1, 0.15) is 61.3 Å². The molecule has 0 aliphatic carbocycles. The molecule has 0 aliphatic heterocycles. The van der Waals surface area contributed by atoms with Gasteiger partial charge in [0.05, 0.1) is 6.26 Å². The number of likely N-dealkylation sites (N-methyl/N-ethyl adjacent to an activating group) is 1. The van der Waals surface area contributed by atoms with Gasteiger partial charge in [0.2, 0.25) is 10.0 Å². The Morgan fingerprint density at radius 1 is 0.960 bits per heavy atom. The van der Waals surface area contributed by atoms with Gasteiger partial charge in [0.15, 0.2) is 0 Å². The van der Waals surface area contributed by atoms with Gasteiger partial charge < -0.3 is 4.90 Å². The molecule has 25 heavy (non-hydrogen) atoms. The van der Waals surface area contributed by atoms with Crippen LogP contribution in [-0.4, -0.2) is 80.1 Å². The summed E-state index contributed by atoms with van der Waals surface area (Å²) in [4.78, 5) is 4.73. The Bertz CT molecular complexity index is 473. The number of hydrogen-bond acceptors (Lipinski definition) is 4. The number of nitrogens with zero attached hydrogens (tertiary/aromatic N) is 3.